The summed E-state index contributed by atoms with van der Waals surface area (Å²) in [4.78, 5) is 12.5. The van der Waals surface area contributed by atoms with Crippen molar-refractivity contribution >= 4 is 18.2 Å². The fourth-order valence-electron chi connectivity index (χ4n) is 2.18. The van der Waals surface area contributed by atoms with Gasteiger partial charge in [-0.2, -0.15) is 0 Å². The van der Waals surface area contributed by atoms with Crippen molar-refractivity contribution in [2.75, 3.05) is 13.3 Å². The van der Waals surface area contributed by atoms with Gasteiger partial charge in [-0.25, -0.2) is 0 Å². The van der Waals surface area contributed by atoms with E-state index in [9.17, 15) is 4.79 Å². The summed E-state index contributed by atoms with van der Waals surface area (Å²) < 4.78 is 10.6. The molecule has 2 rings (SSSR count). The first-order chi connectivity index (χ1) is 9.26. The molecular weight excluding hydrogens is 278 g/mol. The maximum absolute atomic E-state index is 12.5. The van der Waals surface area contributed by atoms with E-state index < -0.39 is 0 Å². The van der Waals surface area contributed by atoms with Crippen LogP contribution >= 0.6 is 12.4 Å². The van der Waals surface area contributed by atoms with E-state index in [2.05, 4.69) is 19.2 Å². The summed E-state index contributed by atoms with van der Waals surface area (Å²) >= 11 is 0. The molecule has 0 bridgehead atoms. The van der Waals surface area contributed by atoms with Crippen molar-refractivity contribution < 1.29 is 14.3 Å². The maximum atomic E-state index is 12.5. The van der Waals surface area contributed by atoms with Crippen LogP contribution in [0.5, 0.6) is 11.5 Å². The van der Waals surface area contributed by atoms with Crippen LogP contribution < -0.4 is 14.8 Å². The summed E-state index contributed by atoms with van der Waals surface area (Å²) in [5.74, 6) is 1.51. The highest BCUT2D eigenvalue weighted by molar-refractivity contribution is 6.00. The van der Waals surface area contributed by atoms with Gasteiger partial charge in [-0.15, -0.1) is 12.4 Å². The number of benzene rings is 1. The molecule has 20 heavy (non-hydrogen) atoms. The van der Waals surface area contributed by atoms with Crippen LogP contribution in [0.3, 0.4) is 0 Å². The molecule has 0 amide bonds. The topological polar surface area (TPSA) is 47.6 Å². The summed E-state index contributed by atoms with van der Waals surface area (Å²) in [6, 6.07) is 5.29. The Morgan fingerprint density at radius 3 is 2.70 bits per heavy atom. The molecule has 1 atom stereocenters. The quantitative estimate of drug-likeness (QED) is 0.786. The second-order valence-corrected chi connectivity index (χ2v) is 4.73. The smallest absolute Gasteiger partial charge is 0.231 e. The van der Waals surface area contributed by atoms with Gasteiger partial charge in [0.05, 0.1) is 6.04 Å². The van der Waals surface area contributed by atoms with Crippen molar-refractivity contribution in [3.63, 3.8) is 0 Å². The fraction of sp³-hybridized carbons (Fsp3) is 0.533. The molecule has 4 nitrogen and oxygen atoms in total. The number of hydrogen-bond donors (Lipinski definition) is 1. The first-order valence-corrected chi connectivity index (χ1v) is 6.93. The molecule has 0 saturated heterocycles. The third-order valence-corrected chi connectivity index (χ3v) is 3.19. The van der Waals surface area contributed by atoms with Crippen LogP contribution in [0, 0.1) is 0 Å². The van der Waals surface area contributed by atoms with E-state index in [-0.39, 0.29) is 31.0 Å². The minimum atomic E-state index is -0.106. The zero-order chi connectivity index (χ0) is 13.7. The van der Waals surface area contributed by atoms with Gasteiger partial charge in [-0.1, -0.05) is 20.3 Å². The second kappa shape index (κ2) is 8.12. The molecule has 5 heteroatoms. The first kappa shape index (κ1) is 16.8. The Hall–Kier alpha value is -1.26. The molecule has 1 heterocycles. The molecule has 0 aliphatic carbocycles. The number of Topliss-reactive ketones (excluding diaryl/α,β-unsaturated/α-hetero) is 1. The molecule has 0 saturated carbocycles. The summed E-state index contributed by atoms with van der Waals surface area (Å²) in [6.45, 7) is 5.29. The van der Waals surface area contributed by atoms with E-state index in [0.717, 1.165) is 25.8 Å². The number of fused-ring (bicyclic) bond motifs is 1. The fourth-order valence-corrected chi connectivity index (χ4v) is 2.18. The first-order valence-electron chi connectivity index (χ1n) is 6.93. The van der Waals surface area contributed by atoms with Gasteiger partial charge in [0.2, 0.25) is 6.79 Å². The summed E-state index contributed by atoms with van der Waals surface area (Å²) in [7, 11) is 0. The monoisotopic (exact) mass is 299 g/mol. The average Bonchev–Trinajstić information content (AvgIpc) is 2.90. The highest BCUT2D eigenvalue weighted by Gasteiger charge is 2.21. The minimum Gasteiger partial charge on any atom is -0.454 e. The standard InChI is InChI=1S/C15H21NO3.ClH/c1-3-5-12(16-8-4-2)15(17)11-6-7-13-14(9-11)19-10-18-13;/h6-7,9,12,16H,3-5,8,10H2,1-2H3;1H. The molecule has 112 valence electrons. The van der Waals surface area contributed by atoms with Crippen LogP contribution in [-0.4, -0.2) is 25.2 Å². The normalized spacial score (nSPS) is 13.7. The highest BCUT2D eigenvalue weighted by Crippen LogP contribution is 2.32. The largest absolute Gasteiger partial charge is 0.454 e. The van der Waals surface area contributed by atoms with E-state index >= 15 is 0 Å². The molecule has 1 aliphatic rings. The van der Waals surface area contributed by atoms with E-state index in [1.54, 1.807) is 12.1 Å². The number of halogens is 1. The van der Waals surface area contributed by atoms with Gasteiger partial charge in [0, 0.05) is 5.56 Å². The third-order valence-electron chi connectivity index (χ3n) is 3.19. The van der Waals surface area contributed by atoms with Crippen LogP contribution in [0.1, 0.15) is 43.5 Å². The van der Waals surface area contributed by atoms with Gasteiger partial charge in [0.25, 0.3) is 0 Å². The molecule has 1 aliphatic heterocycles. The van der Waals surface area contributed by atoms with E-state index in [0.29, 0.717) is 17.1 Å². The van der Waals surface area contributed by atoms with Crippen LogP contribution in [0.2, 0.25) is 0 Å². The number of carbonyl (C=O) groups excluding carboxylic acids is 1. The number of ether oxygens (including phenoxy) is 2. The lowest BCUT2D eigenvalue weighted by Gasteiger charge is -2.16. The summed E-state index contributed by atoms with van der Waals surface area (Å²) in [5.41, 5.74) is 0.686. The van der Waals surface area contributed by atoms with Gasteiger partial charge in [-0.05, 0) is 37.6 Å². The molecule has 1 N–H and O–H groups in total. The Balaban J connectivity index is 0.00000200. The van der Waals surface area contributed by atoms with Gasteiger partial charge in [-0.3, -0.25) is 4.79 Å². The average molecular weight is 300 g/mol. The molecule has 0 aromatic heterocycles. The molecule has 0 radical (unpaired) electrons. The predicted octanol–water partition coefficient (Wildman–Crippen LogP) is 3.19. The molecule has 0 spiro atoms. The summed E-state index contributed by atoms with van der Waals surface area (Å²) in [6.07, 6.45) is 2.86. The number of rotatable bonds is 7. The van der Waals surface area contributed by atoms with E-state index in [1.165, 1.54) is 0 Å². The van der Waals surface area contributed by atoms with Gasteiger partial charge in [0.1, 0.15) is 0 Å². The Morgan fingerprint density at radius 1 is 1.25 bits per heavy atom. The molecule has 1 unspecified atom stereocenters. The number of hydrogen-bond acceptors (Lipinski definition) is 4. The van der Waals surface area contributed by atoms with Crippen LogP contribution in [-0.2, 0) is 0 Å². The van der Waals surface area contributed by atoms with Gasteiger partial charge >= 0.3 is 0 Å². The minimum absolute atomic E-state index is 0. The van der Waals surface area contributed by atoms with Gasteiger partial charge in [0.15, 0.2) is 17.3 Å². The van der Waals surface area contributed by atoms with E-state index in [4.69, 9.17) is 9.47 Å². The zero-order valence-corrected chi connectivity index (χ0v) is 12.8. The summed E-state index contributed by atoms with van der Waals surface area (Å²) in [5, 5.41) is 3.31. The molecule has 1 aromatic carbocycles. The van der Waals surface area contributed by atoms with Crippen LogP contribution in [0.25, 0.3) is 0 Å². The third kappa shape index (κ3) is 3.87. The number of ketones is 1. The predicted molar refractivity (Wildman–Crippen MR) is 81.1 cm³/mol. The van der Waals surface area contributed by atoms with Crippen LogP contribution in [0.15, 0.2) is 18.2 Å². The Kier molecular flexibility index (Phi) is 6.82. The van der Waals surface area contributed by atoms with Crippen LogP contribution in [0.4, 0.5) is 0 Å². The van der Waals surface area contributed by atoms with Crippen molar-refractivity contribution in [3.8, 4) is 11.5 Å². The van der Waals surface area contributed by atoms with Gasteiger partial charge < -0.3 is 14.8 Å². The lowest BCUT2D eigenvalue weighted by molar-refractivity contribution is 0.0937. The Labute approximate surface area is 126 Å². The van der Waals surface area contributed by atoms with Crippen molar-refractivity contribution in [1.82, 2.24) is 5.32 Å². The number of nitrogens with one attached hydrogen (secondary N) is 1. The lowest BCUT2D eigenvalue weighted by Crippen LogP contribution is -2.37. The SMILES string of the molecule is CCCNC(CCC)C(=O)c1ccc2c(c1)OCO2.Cl. The lowest BCUT2D eigenvalue weighted by atomic mass is 10.00. The van der Waals surface area contributed by atoms with Crippen molar-refractivity contribution in [2.45, 2.75) is 39.2 Å². The Bertz CT molecular complexity index is 451. The second-order valence-electron chi connectivity index (χ2n) is 4.73. The van der Waals surface area contributed by atoms with Crippen molar-refractivity contribution in [2.24, 2.45) is 0 Å². The highest BCUT2D eigenvalue weighted by atomic mass is 35.5. The Morgan fingerprint density at radius 2 is 2.00 bits per heavy atom. The molecule has 1 aromatic rings. The zero-order valence-electron chi connectivity index (χ0n) is 12.0. The molecular formula is C15H22ClNO3. The number of carbonyl (C=O) groups is 1. The van der Waals surface area contributed by atoms with Crippen molar-refractivity contribution in [3.05, 3.63) is 23.8 Å². The van der Waals surface area contributed by atoms with Crippen molar-refractivity contribution in [1.29, 1.82) is 0 Å². The maximum Gasteiger partial charge on any atom is 0.231 e. The van der Waals surface area contributed by atoms with E-state index in [1.807, 2.05) is 6.07 Å². The molecule has 0 fully saturated rings.